The van der Waals surface area contributed by atoms with Gasteiger partial charge < -0.3 is 4.74 Å². The topological polar surface area (TPSA) is 36.9 Å². The number of aryl methyl sites for hydroxylation is 3. The van der Waals surface area contributed by atoms with Gasteiger partial charge in [-0.15, -0.1) is 0 Å². The Morgan fingerprint density at radius 1 is 0.846 bits per heavy atom. The summed E-state index contributed by atoms with van der Waals surface area (Å²) >= 11 is 0. The van der Waals surface area contributed by atoms with Crippen molar-refractivity contribution in [3.8, 4) is 28.8 Å². The molecule has 0 saturated carbocycles. The monoisotopic (exact) mass is 513 g/mol. The molecule has 0 atom stereocenters. The van der Waals surface area contributed by atoms with Crippen molar-refractivity contribution < 1.29 is 9.30 Å². The summed E-state index contributed by atoms with van der Waals surface area (Å²) in [7, 11) is 2.15. The third-order valence-electron chi connectivity index (χ3n) is 8.15. The van der Waals surface area contributed by atoms with E-state index >= 15 is 0 Å². The molecular formula is C36H37N2O+. The number of hydrogen-bond donors (Lipinski definition) is 0. The highest BCUT2D eigenvalue weighted by molar-refractivity contribution is 6.16. The van der Waals surface area contributed by atoms with Gasteiger partial charge in [-0.25, -0.2) is 4.57 Å². The van der Waals surface area contributed by atoms with Crippen molar-refractivity contribution in [2.75, 3.05) is 0 Å². The predicted octanol–water partition coefficient (Wildman–Crippen LogP) is 9.04. The Morgan fingerprint density at radius 3 is 2.33 bits per heavy atom. The van der Waals surface area contributed by atoms with Crippen molar-refractivity contribution in [3.05, 3.63) is 77.0 Å². The van der Waals surface area contributed by atoms with Crippen molar-refractivity contribution in [1.29, 1.82) is 5.26 Å². The Hall–Kier alpha value is -3.90. The molecule has 0 radical (unpaired) electrons. The fourth-order valence-corrected chi connectivity index (χ4v) is 6.36. The van der Waals surface area contributed by atoms with Gasteiger partial charge in [0.15, 0.2) is 6.20 Å². The zero-order valence-corrected chi connectivity index (χ0v) is 24.4. The summed E-state index contributed by atoms with van der Waals surface area (Å²) < 4.78 is 9.24. The van der Waals surface area contributed by atoms with E-state index in [9.17, 15) is 5.26 Å². The third-order valence-corrected chi connectivity index (χ3v) is 8.15. The van der Waals surface area contributed by atoms with Crippen LogP contribution >= 0.6 is 0 Å². The van der Waals surface area contributed by atoms with Crippen LogP contribution in [-0.4, -0.2) is 0 Å². The molecule has 0 aliphatic carbocycles. The largest absolute Gasteiger partial charge is 0.455 e. The molecule has 5 aromatic rings. The number of pyridine rings is 1. The van der Waals surface area contributed by atoms with E-state index < -0.39 is 5.41 Å². The van der Waals surface area contributed by atoms with Crippen LogP contribution in [0.1, 0.15) is 56.9 Å². The second-order valence-electron chi connectivity index (χ2n) is 13.4. The number of rotatable bonds is 3. The highest BCUT2D eigenvalue weighted by Crippen LogP contribution is 2.52. The van der Waals surface area contributed by atoms with Gasteiger partial charge in [-0.05, 0) is 84.7 Å². The number of fused-ring (bicyclic) bond motifs is 5. The zero-order chi connectivity index (χ0) is 27.9. The van der Waals surface area contributed by atoms with Crippen molar-refractivity contribution >= 4 is 32.3 Å². The molecule has 3 nitrogen and oxygen atoms in total. The van der Waals surface area contributed by atoms with E-state index in [4.69, 9.17) is 4.74 Å². The lowest BCUT2D eigenvalue weighted by atomic mass is 9.81. The molecular weight excluding hydrogens is 476 g/mol. The van der Waals surface area contributed by atoms with E-state index in [0.717, 1.165) is 35.1 Å². The number of aromatic nitrogens is 1. The van der Waals surface area contributed by atoms with Crippen LogP contribution in [0, 0.1) is 36.0 Å². The van der Waals surface area contributed by atoms with Crippen LogP contribution in [0.3, 0.4) is 0 Å². The van der Waals surface area contributed by atoms with Gasteiger partial charge in [0.05, 0.1) is 22.4 Å². The first-order valence-electron chi connectivity index (χ1n) is 13.9. The Labute approximate surface area is 231 Å². The zero-order valence-electron chi connectivity index (χ0n) is 24.4. The minimum Gasteiger partial charge on any atom is -0.455 e. The molecule has 0 amide bonds. The quantitative estimate of drug-likeness (QED) is 0.175. The predicted molar refractivity (Wildman–Crippen MR) is 161 cm³/mol. The third kappa shape index (κ3) is 4.14. The van der Waals surface area contributed by atoms with Gasteiger partial charge in [0.25, 0.3) is 0 Å². The minimum atomic E-state index is -0.408. The molecule has 2 heterocycles. The summed E-state index contributed by atoms with van der Waals surface area (Å²) in [5.41, 5.74) is 7.12. The first-order chi connectivity index (χ1) is 18.4. The maximum Gasteiger partial charge on any atom is 0.228 e. The summed E-state index contributed by atoms with van der Waals surface area (Å²) in [5, 5.41) is 16.9. The molecule has 39 heavy (non-hydrogen) atoms. The molecule has 1 aromatic heterocycles. The van der Waals surface area contributed by atoms with E-state index in [1.54, 1.807) is 0 Å². The first-order valence-corrected chi connectivity index (χ1v) is 13.9. The lowest BCUT2D eigenvalue weighted by molar-refractivity contribution is -0.659. The van der Waals surface area contributed by atoms with Gasteiger partial charge in [-0.3, -0.25) is 0 Å². The van der Waals surface area contributed by atoms with E-state index in [1.807, 2.05) is 13.8 Å². The van der Waals surface area contributed by atoms with Crippen LogP contribution in [0.25, 0.3) is 43.6 Å². The highest BCUT2D eigenvalue weighted by Gasteiger charge is 2.34. The number of benzene rings is 4. The molecule has 1 aliphatic rings. The smallest absolute Gasteiger partial charge is 0.228 e. The molecule has 0 N–H and O–H groups in total. The molecule has 0 spiro atoms. The first kappa shape index (κ1) is 25.4. The van der Waals surface area contributed by atoms with Crippen LogP contribution in [0.2, 0.25) is 0 Å². The number of nitrogens with zero attached hydrogens (tertiary/aromatic N) is 2. The highest BCUT2D eigenvalue weighted by atomic mass is 16.5. The Morgan fingerprint density at radius 2 is 1.62 bits per heavy atom. The molecule has 4 aromatic carbocycles. The summed E-state index contributed by atoms with van der Waals surface area (Å²) in [5.74, 6) is 1.92. The van der Waals surface area contributed by atoms with Crippen LogP contribution < -0.4 is 9.30 Å². The van der Waals surface area contributed by atoms with Gasteiger partial charge in [0, 0.05) is 17.0 Å². The second-order valence-corrected chi connectivity index (χ2v) is 13.4. The Kier molecular flexibility index (Phi) is 5.57. The molecule has 0 unspecified atom stereocenters. The second kappa shape index (κ2) is 8.55. The Bertz CT molecular complexity index is 1880. The van der Waals surface area contributed by atoms with Crippen molar-refractivity contribution in [3.63, 3.8) is 0 Å². The molecule has 3 heteroatoms. The maximum atomic E-state index is 9.62. The number of hydrogen-bond acceptors (Lipinski definition) is 2. The van der Waals surface area contributed by atoms with Gasteiger partial charge in [-0.1, -0.05) is 62.7 Å². The fourth-order valence-electron chi connectivity index (χ4n) is 6.36. The van der Waals surface area contributed by atoms with Crippen LogP contribution in [0.15, 0.2) is 54.7 Å². The number of nitriles is 1. The van der Waals surface area contributed by atoms with Crippen LogP contribution in [-0.2, 0) is 19.9 Å². The molecule has 0 fully saturated rings. The average molecular weight is 514 g/mol. The molecule has 0 saturated heterocycles. The normalized spacial score (nSPS) is 13.0. The minimum absolute atomic E-state index is 0.107. The SMILES string of the molecule is Cc1ccc2c(CC(C)(C)C)c3c(c(C)c2c1)-c1c2c(cc4ccc(CC(C)(C)C#N)cc4c2cc[n+]1C)O3. The standard InChI is InChI=1S/C36H37N2O/c1-21-9-12-25-27(15-21)22(2)31-33-32-26(13-14-38(33)8)28-16-23(18-36(6,7)20-37)10-11-24(28)17-30(32)39-34(31)29(25)19-35(3,4)5/h9-17H,18-19H2,1-8H3/q+1. The molecule has 196 valence electrons. The summed E-state index contributed by atoms with van der Waals surface area (Å²) in [6.07, 6.45) is 3.83. The molecule has 0 bridgehead atoms. The van der Waals surface area contributed by atoms with E-state index in [1.165, 1.54) is 55.1 Å². The van der Waals surface area contributed by atoms with Crippen molar-refractivity contribution in [2.24, 2.45) is 17.9 Å². The van der Waals surface area contributed by atoms with Crippen molar-refractivity contribution in [1.82, 2.24) is 0 Å². The Balaban J connectivity index is 1.71. The van der Waals surface area contributed by atoms with Gasteiger partial charge in [0.2, 0.25) is 5.69 Å². The van der Waals surface area contributed by atoms with E-state index in [-0.39, 0.29) is 5.41 Å². The van der Waals surface area contributed by atoms with Crippen LogP contribution in [0.4, 0.5) is 0 Å². The molecule has 1 aliphatic heterocycles. The average Bonchev–Trinajstić information content (AvgIpc) is 2.87. The lowest BCUT2D eigenvalue weighted by Crippen LogP contribution is -2.32. The summed E-state index contributed by atoms with van der Waals surface area (Å²) in [6, 6.07) is 20.3. The van der Waals surface area contributed by atoms with Crippen molar-refractivity contribution in [2.45, 2.75) is 61.3 Å². The van der Waals surface area contributed by atoms with E-state index in [2.05, 4.69) is 107 Å². The van der Waals surface area contributed by atoms with Gasteiger partial charge in [-0.2, -0.15) is 5.26 Å². The van der Waals surface area contributed by atoms with E-state index in [0.29, 0.717) is 0 Å². The molecule has 6 rings (SSSR count). The fraction of sp³-hybridized carbons (Fsp3) is 0.333. The summed E-state index contributed by atoms with van der Waals surface area (Å²) in [4.78, 5) is 0. The number of ether oxygens (including phenoxy) is 1. The maximum absolute atomic E-state index is 9.62. The van der Waals surface area contributed by atoms with Gasteiger partial charge in [0.1, 0.15) is 18.5 Å². The summed E-state index contributed by atoms with van der Waals surface area (Å²) in [6.45, 7) is 15.3. The van der Waals surface area contributed by atoms with Gasteiger partial charge >= 0.3 is 0 Å². The lowest BCUT2D eigenvalue weighted by Gasteiger charge is -2.28. The van der Waals surface area contributed by atoms with Crippen LogP contribution in [0.5, 0.6) is 11.5 Å².